The molecule has 0 radical (unpaired) electrons. The highest BCUT2D eigenvalue weighted by atomic mass is 16.5. The molecule has 2 unspecified atom stereocenters. The van der Waals surface area contributed by atoms with Crippen LogP contribution in [0.15, 0.2) is 96.0 Å². The summed E-state index contributed by atoms with van der Waals surface area (Å²) in [5.74, 6) is -0.0688. The number of piperidine rings is 1. The third kappa shape index (κ3) is 4.94. The maximum absolute atomic E-state index is 10.7. The third-order valence-corrected chi connectivity index (χ3v) is 6.95. The van der Waals surface area contributed by atoms with Crippen LogP contribution < -0.4 is 5.32 Å². The van der Waals surface area contributed by atoms with Crippen LogP contribution >= 0.6 is 0 Å². The van der Waals surface area contributed by atoms with Crippen LogP contribution in [0.4, 0.5) is 11.4 Å². The van der Waals surface area contributed by atoms with Crippen molar-refractivity contribution in [3.05, 3.63) is 108 Å². The molecule has 4 aromatic carbocycles. The highest BCUT2D eigenvalue weighted by Crippen LogP contribution is 2.30. The van der Waals surface area contributed by atoms with Crippen LogP contribution in [-0.4, -0.2) is 45.1 Å². The van der Waals surface area contributed by atoms with E-state index in [0.717, 1.165) is 44.7 Å². The first kappa shape index (κ1) is 23.3. The Morgan fingerprint density at radius 2 is 1.38 bits per heavy atom. The van der Waals surface area contributed by atoms with Crippen molar-refractivity contribution in [2.24, 2.45) is 4.99 Å². The minimum absolute atomic E-state index is 0.0688. The van der Waals surface area contributed by atoms with Crippen LogP contribution in [0, 0.1) is 13.8 Å². The van der Waals surface area contributed by atoms with E-state index in [1.165, 1.54) is 16.2 Å². The maximum Gasteiger partial charge on any atom is 0.0916 e. The Morgan fingerprint density at radius 1 is 0.757 bits per heavy atom. The summed E-state index contributed by atoms with van der Waals surface area (Å²) in [4.78, 5) is 14.8. The van der Waals surface area contributed by atoms with Gasteiger partial charge in [0.25, 0.3) is 0 Å². The van der Waals surface area contributed by atoms with Gasteiger partial charge < -0.3 is 10.5 Å². The molecule has 0 bridgehead atoms. The predicted octanol–water partition coefficient (Wildman–Crippen LogP) is 6.44. The molecule has 5 aromatic rings. The van der Waals surface area contributed by atoms with Crippen LogP contribution in [0.1, 0.15) is 22.6 Å². The second kappa shape index (κ2) is 9.73. The number of hydroxylamine groups is 2. The van der Waals surface area contributed by atoms with Crippen molar-refractivity contribution in [3.63, 3.8) is 0 Å². The molecule has 1 saturated heterocycles. The first-order valence-corrected chi connectivity index (χ1v) is 12.6. The molecule has 6 heteroatoms. The molecule has 0 amide bonds. The lowest BCUT2D eigenvalue weighted by molar-refractivity contribution is -0.0963. The Kier molecular flexibility index (Phi) is 6.12. The van der Waals surface area contributed by atoms with Gasteiger partial charge in [0.15, 0.2) is 0 Å². The first-order chi connectivity index (χ1) is 18.0. The maximum atomic E-state index is 10.7. The van der Waals surface area contributed by atoms with Crippen molar-refractivity contribution in [2.75, 3.05) is 18.4 Å². The number of nitrogens with one attached hydrogen (secondary N) is 1. The van der Waals surface area contributed by atoms with Gasteiger partial charge in [-0.25, -0.2) is 9.97 Å². The molecule has 1 aliphatic heterocycles. The number of aliphatic imine (C=N–C) groups is 1. The largest absolute Gasteiger partial charge is 0.376 e. The van der Waals surface area contributed by atoms with E-state index >= 15 is 0 Å². The number of aryl methyl sites for hydroxylation is 2. The van der Waals surface area contributed by atoms with Gasteiger partial charge in [-0.1, -0.05) is 59.7 Å². The molecule has 184 valence electrons. The lowest BCUT2D eigenvalue weighted by Gasteiger charge is -2.37. The molecule has 1 aromatic heterocycles. The quantitative estimate of drug-likeness (QED) is 0.285. The number of hydrogen-bond acceptors (Lipinski definition) is 6. The number of anilines is 1. The monoisotopic (exact) mass is 487 g/mol. The van der Waals surface area contributed by atoms with Crippen molar-refractivity contribution in [3.8, 4) is 0 Å². The lowest BCUT2D eigenvalue weighted by atomic mass is 9.86. The highest BCUT2D eigenvalue weighted by molar-refractivity contribution is 6.00. The van der Waals surface area contributed by atoms with Crippen LogP contribution in [0.5, 0.6) is 0 Å². The van der Waals surface area contributed by atoms with Gasteiger partial charge in [-0.05, 0) is 61.9 Å². The van der Waals surface area contributed by atoms with Gasteiger partial charge in [0, 0.05) is 24.7 Å². The van der Waals surface area contributed by atoms with Gasteiger partial charge in [-0.2, -0.15) is 5.06 Å². The van der Waals surface area contributed by atoms with E-state index in [9.17, 15) is 5.21 Å². The van der Waals surface area contributed by atoms with Crippen LogP contribution in [0.2, 0.25) is 0 Å². The smallest absolute Gasteiger partial charge is 0.0916 e. The molecule has 0 saturated carbocycles. The van der Waals surface area contributed by atoms with Gasteiger partial charge >= 0.3 is 0 Å². The Labute approximate surface area is 216 Å². The highest BCUT2D eigenvalue weighted by Gasteiger charge is 2.34. The lowest BCUT2D eigenvalue weighted by Crippen LogP contribution is -2.50. The van der Waals surface area contributed by atoms with Crippen molar-refractivity contribution in [1.82, 2.24) is 15.0 Å². The fraction of sp³-hybridized carbons (Fsp3) is 0.194. The topological polar surface area (TPSA) is 73.6 Å². The standard InChI is InChI=1S/C31H29N5O/c1-20-7-11-22(12-8-20)25-18-36(37)19-30(32-23-13-9-21(2)10-14-23)31(25)33-24-15-16-28-29(17-24)35-27-6-4-3-5-26(27)34-28/h3-17,25,30,32,37H,18-19H2,1-2H3. The molecular formula is C31H29N5O. The summed E-state index contributed by atoms with van der Waals surface area (Å²) in [6, 6.07) is 30.5. The number of nitrogens with zero attached hydrogens (tertiary/aromatic N) is 4. The predicted molar refractivity (Wildman–Crippen MR) is 150 cm³/mol. The molecule has 6 nitrogen and oxygen atoms in total. The fourth-order valence-corrected chi connectivity index (χ4v) is 4.95. The molecule has 2 N–H and O–H groups in total. The summed E-state index contributed by atoms with van der Waals surface area (Å²) >= 11 is 0. The first-order valence-electron chi connectivity index (χ1n) is 12.6. The molecule has 0 spiro atoms. The van der Waals surface area contributed by atoms with E-state index in [0.29, 0.717) is 13.1 Å². The summed E-state index contributed by atoms with van der Waals surface area (Å²) in [5, 5.41) is 15.8. The Bertz CT molecular complexity index is 1590. The number of hydrogen-bond donors (Lipinski definition) is 2. The van der Waals surface area contributed by atoms with Crippen LogP contribution in [-0.2, 0) is 0 Å². The van der Waals surface area contributed by atoms with Gasteiger partial charge in [-0.15, -0.1) is 0 Å². The molecule has 2 atom stereocenters. The van der Waals surface area contributed by atoms with E-state index in [4.69, 9.17) is 15.0 Å². The summed E-state index contributed by atoms with van der Waals surface area (Å²) < 4.78 is 0. The second-order valence-electron chi connectivity index (χ2n) is 9.82. The molecule has 37 heavy (non-hydrogen) atoms. The zero-order valence-electron chi connectivity index (χ0n) is 21.0. The van der Waals surface area contributed by atoms with Crippen molar-refractivity contribution in [1.29, 1.82) is 0 Å². The van der Waals surface area contributed by atoms with Crippen LogP contribution in [0.3, 0.4) is 0 Å². The Balaban J connectivity index is 1.44. The van der Waals surface area contributed by atoms with Crippen molar-refractivity contribution < 1.29 is 5.21 Å². The summed E-state index contributed by atoms with van der Waals surface area (Å²) in [7, 11) is 0. The minimum atomic E-state index is -0.175. The van der Waals surface area contributed by atoms with Gasteiger partial charge in [0.05, 0.1) is 39.5 Å². The minimum Gasteiger partial charge on any atom is -0.376 e. The number of rotatable bonds is 4. The number of benzene rings is 4. The van der Waals surface area contributed by atoms with Crippen molar-refractivity contribution >= 4 is 39.2 Å². The zero-order chi connectivity index (χ0) is 25.4. The third-order valence-electron chi connectivity index (χ3n) is 6.95. The zero-order valence-corrected chi connectivity index (χ0v) is 21.0. The number of para-hydroxylation sites is 2. The van der Waals surface area contributed by atoms with E-state index in [-0.39, 0.29) is 12.0 Å². The van der Waals surface area contributed by atoms with Crippen molar-refractivity contribution in [2.45, 2.75) is 25.8 Å². The molecule has 2 heterocycles. The van der Waals surface area contributed by atoms with E-state index in [1.807, 2.05) is 42.5 Å². The summed E-state index contributed by atoms with van der Waals surface area (Å²) in [6.45, 7) is 5.07. The Hall–Kier alpha value is -4.13. The normalized spacial score (nSPS) is 19.5. The number of aromatic nitrogens is 2. The molecule has 6 rings (SSSR count). The SMILES string of the molecule is Cc1ccc(NC2CN(O)CC(c3ccc(C)cc3)C2=Nc2ccc3nc4ccccc4nc3c2)cc1. The van der Waals surface area contributed by atoms with Gasteiger partial charge in [0.2, 0.25) is 0 Å². The molecule has 0 aliphatic carbocycles. The fourth-order valence-electron chi connectivity index (χ4n) is 4.95. The molecule has 1 fully saturated rings. The molecular weight excluding hydrogens is 458 g/mol. The average molecular weight is 488 g/mol. The molecule has 1 aliphatic rings. The second-order valence-corrected chi connectivity index (χ2v) is 9.82. The van der Waals surface area contributed by atoms with E-state index in [2.05, 4.69) is 67.7 Å². The summed E-state index contributed by atoms with van der Waals surface area (Å²) in [6.07, 6.45) is 0. The Morgan fingerprint density at radius 3 is 2.08 bits per heavy atom. The summed E-state index contributed by atoms with van der Waals surface area (Å²) in [5.41, 5.74) is 9.75. The van der Waals surface area contributed by atoms with E-state index < -0.39 is 0 Å². The van der Waals surface area contributed by atoms with Gasteiger partial charge in [-0.3, -0.25) is 4.99 Å². The van der Waals surface area contributed by atoms with Crippen LogP contribution in [0.25, 0.3) is 22.1 Å². The van der Waals surface area contributed by atoms with E-state index in [1.54, 1.807) is 0 Å². The average Bonchev–Trinajstić information content (AvgIpc) is 2.90. The van der Waals surface area contributed by atoms with Gasteiger partial charge in [0.1, 0.15) is 0 Å². The number of fused-ring (bicyclic) bond motifs is 2.